The van der Waals surface area contributed by atoms with Gasteiger partial charge in [-0.2, -0.15) is 5.10 Å². The first-order valence-electron chi connectivity index (χ1n) is 7.74. The van der Waals surface area contributed by atoms with E-state index in [1.54, 1.807) is 0 Å². The molecule has 1 aromatic rings. The minimum atomic E-state index is 0.772. The minimum Gasteiger partial charge on any atom is -0.314 e. The van der Waals surface area contributed by atoms with Gasteiger partial charge in [0.2, 0.25) is 0 Å². The molecule has 0 atom stereocenters. The van der Waals surface area contributed by atoms with Crippen LogP contribution in [0, 0.1) is 5.92 Å². The number of aromatic nitrogens is 2. The second-order valence-electron chi connectivity index (χ2n) is 6.16. The van der Waals surface area contributed by atoms with Crippen LogP contribution in [-0.2, 0) is 13.5 Å². The predicted octanol–water partition coefficient (Wildman–Crippen LogP) is 1.43. The molecule has 1 saturated heterocycles. The molecule has 0 bridgehead atoms. The van der Waals surface area contributed by atoms with E-state index < -0.39 is 0 Å². The van der Waals surface area contributed by atoms with Crippen LogP contribution in [0.15, 0.2) is 12.3 Å². The van der Waals surface area contributed by atoms with Crippen molar-refractivity contribution in [1.29, 1.82) is 0 Å². The number of aryl methyl sites for hydroxylation is 1. The third-order valence-corrected chi connectivity index (χ3v) is 4.59. The molecule has 2 fully saturated rings. The molecule has 2 aliphatic rings. The summed E-state index contributed by atoms with van der Waals surface area (Å²) in [6.45, 7) is 4.94. The Bertz CT molecular complexity index is 389. The van der Waals surface area contributed by atoms with Gasteiger partial charge in [0.15, 0.2) is 0 Å². The summed E-state index contributed by atoms with van der Waals surface area (Å²) in [7, 11) is 2.03. The lowest BCUT2D eigenvalue weighted by Gasteiger charge is -2.32. The zero-order chi connectivity index (χ0) is 13.1. The molecule has 1 saturated carbocycles. The average molecular weight is 262 g/mol. The highest BCUT2D eigenvalue weighted by atomic mass is 15.3. The maximum Gasteiger partial charge on any atom is 0.0492 e. The molecule has 1 aliphatic heterocycles. The van der Waals surface area contributed by atoms with Gasteiger partial charge in [-0.1, -0.05) is 0 Å². The van der Waals surface area contributed by atoms with Crippen LogP contribution in [0.2, 0.25) is 0 Å². The van der Waals surface area contributed by atoms with E-state index in [1.165, 1.54) is 57.6 Å². The van der Waals surface area contributed by atoms with Crippen LogP contribution in [-0.4, -0.2) is 46.9 Å². The van der Waals surface area contributed by atoms with Crippen molar-refractivity contribution in [2.75, 3.05) is 26.2 Å². The van der Waals surface area contributed by atoms with E-state index in [0.717, 1.165) is 18.4 Å². The van der Waals surface area contributed by atoms with E-state index >= 15 is 0 Å². The van der Waals surface area contributed by atoms with E-state index in [9.17, 15) is 0 Å². The molecule has 0 aromatic carbocycles. The van der Waals surface area contributed by atoms with E-state index in [0.29, 0.717) is 0 Å². The molecule has 4 nitrogen and oxygen atoms in total. The normalized spacial score (nSPS) is 21.9. The van der Waals surface area contributed by atoms with Gasteiger partial charge < -0.3 is 10.2 Å². The lowest BCUT2D eigenvalue weighted by atomic mass is 10.0. The number of hydrogen-bond donors (Lipinski definition) is 1. The number of nitrogens with zero attached hydrogens (tertiary/aromatic N) is 3. The van der Waals surface area contributed by atoms with Gasteiger partial charge in [-0.3, -0.25) is 4.68 Å². The average Bonchev–Trinajstić information content (AvgIpc) is 3.18. The van der Waals surface area contributed by atoms with Gasteiger partial charge in [0.25, 0.3) is 0 Å². The molecule has 106 valence electrons. The maximum absolute atomic E-state index is 4.23. The van der Waals surface area contributed by atoms with E-state index in [4.69, 9.17) is 0 Å². The molecule has 4 heteroatoms. The molecular formula is C15H26N4. The number of likely N-dealkylation sites (tertiary alicyclic amines) is 1. The number of hydrogen-bond acceptors (Lipinski definition) is 3. The van der Waals surface area contributed by atoms with Crippen molar-refractivity contribution < 1.29 is 0 Å². The quantitative estimate of drug-likeness (QED) is 0.842. The van der Waals surface area contributed by atoms with Gasteiger partial charge in [0.1, 0.15) is 0 Å². The van der Waals surface area contributed by atoms with E-state index in [1.807, 2.05) is 17.9 Å². The molecule has 2 heterocycles. The molecule has 19 heavy (non-hydrogen) atoms. The van der Waals surface area contributed by atoms with Gasteiger partial charge in [-0.15, -0.1) is 0 Å². The topological polar surface area (TPSA) is 33.1 Å². The van der Waals surface area contributed by atoms with Crippen molar-refractivity contribution in [2.24, 2.45) is 13.0 Å². The Hall–Kier alpha value is -0.870. The highest BCUT2D eigenvalue weighted by Gasteiger charge is 2.24. The molecule has 3 rings (SSSR count). The van der Waals surface area contributed by atoms with Crippen LogP contribution < -0.4 is 5.32 Å². The molecule has 0 amide bonds. The summed E-state index contributed by atoms with van der Waals surface area (Å²) in [5.74, 6) is 1.00. The van der Waals surface area contributed by atoms with Gasteiger partial charge in [-0.05, 0) is 57.3 Å². The highest BCUT2D eigenvalue weighted by molar-refractivity contribution is 5.00. The summed E-state index contributed by atoms with van der Waals surface area (Å²) in [5, 5.41) is 7.97. The second-order valence-corrected chi connectivity index (χ2v) is 6.16. The SMILES string of the molecule is Cn1nccc1CCN1CCC(NCC2CC2)CC1. The van der Waals surface area contributed by atoms with Gasteiger partial charge in [0.05, 0.1) is 0 Å². The third-order valence-electron chi connectivity index (χ3n) is 4.59. The van der Waals surface area contributed by atoms with E-state index in [2.05, 4.69) is 21.4 Å². The lowest BCUT2D eigenvalue weighted by molar-refractivity contribution is 0.198. The van der Waals surface area contributed by atoms with E-state index in [-0.39, 0.29) is 0 Å². The predicted molar refractivity (Wildman–Crippen MR) is 77.1 cm³/mol. The fourth-order valence-corrected chi connectivity index (χ4v) is 2.94. The van der Waals surface area contributed by atoms with Gasteiger partial charge >= 0.3 is 0 Å². The smallest absolute Gasteiger partial charge is 0.0492 e. The van der Waals surface area contributed by atoms with Gasteiger partial charge in [0, 0.05) is 37.9 Å². The Kier molecular flexibility index (Phi) is 4.18. The Morgan fingerprint density at radius 1 is 1.26 bits per heavy atom. The Morgan fingerprint density at radius 2 is 2.05 bits per heavy atom. The van der Waals surface area contributed by atoms with Crippen LogP contribution in [0.3, 0.4) is 0 Å². The Balaban J connectivity index is 1.34. The molecule has 1 N–H and O–H groups in total. The number of piperidine rings is 1. The number of rotatable bonds is 6. The van der Waals surface area contributed by atoms with Crippen molar-refractivity contribution in [1.82, 2.24) is 20.0 Å². The Morgan fingerprint density at radius 3 is 2.68 bits per heavy atom. The molecule has 0 spiro atoms. The van der Waals surface area contributed by atoms with Crippen LogP contribution >= 0.6 is 0 Å². The van der Waals surface area contributed by atoms with Crippen molar-refractivity contribution in [3.8, 4) is 0 Å². The summed E-state index contributed by atoms with van der Waals surface area (Å²) in [4.78, 5) is 2.60. The summed E-state index contributed by atoms with van der Waals surface area (Å²) in [6.07, 6.45) is 8.56. The van der Waals surface area contributed by atoms with Gasteiger partial charge in [-0.25, -0.2) is 0 Å². The van der Waals surface area contributed by atoms with Crippen molar-refractivity contribution in [3.63, 3.8) is 0 Å². The molecule has 1 aromatic heterocycles. The van der Waals surface area contributed by atoms with Crippen molar-refractivity contribution in [3.05, 3.63) is 18.0 Å². The molecule has 1 aliphatic carbocycles. The van der Waals surface area contributed by atoms with Crippen LogP contribution in [0.1, 0.15) is 31.4 Å². The molecule has 0 radical (unpaired) electrons. The zero-order valence-corrected chi connectivity index (χ0v) is 12.0. The first-order valence-corrected chi connectivity index (χ1v) is 7.74. The zero-order valence-electron chi connectivity index (χ0n) is 12.0. The van der Waals surface area contributed by atoms with Crippen molar-refractivity contribution >= 4 is 0 Å². The minimum absolute atomic E-state index is 0.772. The standard InChI is InChI=1S/C15H26N4/c1-18-15(4-8-17-18)7-11-19-9-5-14(6-10-19)16-12-13-2-3-13/h4,8,13-14,16H,2-3,5-7,9-12H2,1H3. The summed E-state index contributed by atoms with van der Waals surface area (Å²) < 4.78 is 1.99. The second kappa shape index (κ2) is 6.06. The summed E-state index contributed by atoms with van der Waals surface area (Å²) >= 11 is 0. The Labute approximate surface area is 116 Å². The third kappa shape index (κ3) is 3.80. The molecular weight excluding hydrogens is 236 g/mol. The first kappa shape index (κ1) is 13.1. The van der Waals surface area contributed by atoms with Crippen LogP contribution in [0.4, 0.5) is 0 Å². The monoisotopic (exact) mass is 262 g/mol. The first-order chi connectivity index (χ1) is 9.31. The fourth-order valence-electron chi connectivity index (χ4n) is 2.94. The van der Waals surface area contributed by atoms with Crippen LogP contribution in [0.25, 0.3) is 0 Å². The molecule has 0 unspecified atom stereocenters. The fraction of sp³-hybridized carbons (Fsp3) is 0.800. The maximum atomic E-state index is 4.23. The highest BCUT2D eigenvalue weighted by Crippen LogP contribution is 2.28. The van der Waals surface area contributed by atoms with Crippen LogP contribution in [0.5, 0.6) is 0 Å². The van der Waals surface area contributed by atoms with Crippen molar-refractivity contribution in [2.45, 2.75) is 38.1 Å². The number of nitrogens with one attached hydrogen (secondary N) is 1. The summed E-state index contributed by atoms with van der Waals surface area (Å²) in [5.41, 5.74) is 1.34. The summed E-state index contributed by atoms with van der Waals surface area (Å²) in [6, 6.07) is 2.90. The largest absolute Gasteiger partial charge is 0.314 e. The lowest BCUT2D eigenvalue weighted by Crippen LogP contribution is -2.43.